The highest BCUT2D eigenvalue weighted by atomic mass is 19.1. The van der Waals surface area contributed by atoms with Gasteiger partial charge in [-0.1, -0.05) is 32.0 Å². The molecule has 0 aliphatic heterocycles. The van der Waals surface area contributed by atoms with Crippen LogP contribution in [0.4, 0.5) is 10.1 Å². The Labute approximate surface area is 108 Å². The highest BCUT2D eigenvalue weighted by molar-refractivity contribution is 5.69. The average Bonchev–Trinajstić information content (AvgIpc) is 2.39. The van der Waals surface area contributed by atoms with Crippen LogP contribution in [0.5, 0.6) is 0 Å². The summed E-state index contributed by atoms with van der Waals surface area (Å²) in [7, 11) is 1.91. The summed E-state index contributed by atoms with van der Waals surface area (Å²) >= 11 is 0. The van der Waals surface area contributed by atoms with Gasteiger partial charge in [-0.15, -0.1) is 0 Å². The molecule has 0 saturated carbocycles. The van der Waals surface area contributed by atoms with Gasteiger partial charge in [-0.3, -0.25) is 0 Å². The van der Waals surface area contributed by atoms with Gasteiger partial charge >= 0.3 is 0 Å². The van der Waals surface area contributed by atoms with Crippen molar-refractivity contribution in [2.24, 2.45) is 0 Å². The number of hydrogen-bond acceptors (Lipinski definition) is 1. The molecule has 0 amide bonds. The van der Waals surface area contributed by atoms with E-state index in [0.29, 0.717) is 5.92 Å². The van der Waals surface area contributed by atoms with Crippen LogP contribution in [0.3, 0.4) is 0 Å². The Morgan fingerprint density at radius 1 is 0.944 bits per heavy atom. The van der Waals surface area contributed by atoms with Crippen molar-refractivity contribution in [1.82, 2.24) is 0 Å². The van der Waals surface area contributed by atoms with E-state index in [9.17, 15) is 4.39 Å². The van der Waals surface area contributed by atoms with Gasteiger partial charge in [0.05, 0.1) is 0 Å². The molecule has 0 aromatic heterocycles. The van der Waals surface area contributed by atoms with Gasteiger partial charge in [0, 0.05) is 12.7 Å². The third-order valence-corrected chi connectivity index (χ3v) is 3.09. The van der Waals surface area contributed by atoms with E-state index in [-0.39, 0.29) is 5.82 Å². The maximum absolute atomic E-state index is 12.9. The first-order valence-corrected chi connectivity index (χ1v) is 6.19. The number of halogens is 1. The van der Waals surface area contributed by atoms with Crippen molar-refractivity contribution in [2.75, 3.05) is 12.4 Å². The number of anilines is 1. The molecule has 0 spiro atoms. The summed E-state index contributed by atoms with van der Waals surface area (Å²) in [6.45, 7) is 4.34. The van der Waals surface area contributed by atoms with Crippen molar-refractivity contribution in [2.45, 2.75) is 19.8 Å². The fraction of sp³-hybridized carbons (Fsp3) is 0.250. The van der Waals surface area contributed by atoms with Crippen LogP contribution < -0.4 is 5.32 Å². The Morgan fingerprint density at radius 2 is 1.61 bits per heavy atom. The summed E-state index contributed by atoms with van der Waals surface area (Å²) in [5.41, 5.74) is 4.52. The molecular weight excluding hydrogens is 225 g/mol. The lowest BCUT2D eigenvalue weighted by Crippen LogP contribution is -1.94. The zero-order valence-electron chi connectivity index (χ0n) is 11.0. The maximum atomic E-state index is 12.9. The van der Waals surface area contributed by atoms with Crippen LogP contribution in [0.25, 0.3) is 11.1 Å². The molecule has 0 radical (unpaired) electrons. The molecule has 18 heavy (non-hydrogen) atoms. The van der Waals surface area contributed by atoms with Crippen LogP contribution in [0.2, 0.25) is 0 Å². The predicted octanol–water partition coefficient (Wildman–Crippen LogP) is 4.66. The zero-order chi connectivity index (χ0) is 13.1. The fourth-order valence-corrected chi connectivity index (χ4v) is 1.94. The van der Waals surface area contributed by atoms with Crippen LogP contribution in [-0.2, 0) is 0 Å². The topological polar surface area (TPSA) is 12.0 Å². The normalized spacial score (nSPS) is 10.7. The van der Waals surface area contributed by atoms with Crippen LogP contribution in [0.1, 0.15) is 25.3 Å². The van der Waals surface area contributed by atoms with E-state index in [1.807, 2.05) is 19.2 Å². The Hall–Kier alpha value is -1.83. The minimum atomic E-state index is -0.201. The molecule has 0 fully saturated rings. The van der Waals surface area contributed by atoms with E-state index < -0.39 is 0 Å². The molecule has 0 aliphatic rings. The summed E-state index contributed by atoms with van der Waals surface area (Å²) in [4.78, 5) is 0. The lowest BCUT2D eigenvalue weighted by molar-refractivity contribution is 0.628. The van der Waals surface area contributed by atoms with Crippen molar-refractivity contribution in [3.05, 3.63) is 53.8 Å². The molecule has 0 bridgehead atoms. The first kappa shape index (κ1) is 12.6. The van der Waals surface area contributed by atoms with Crippen LogP contribution >= 0.6 is 0 Å². The SMILES string of the molecule is CNc1cc(-c2ccc(F)cc2)cc(C(C)C)c1. The molecule has 2 aromatic rings. The summed E-state index contributed by atoms with van der Waals surface area (Å²) in [5.74, 6) is 0.269. The van der Waals surface area contributed by atoms with Gasteiger partial charge in [0.15, 0.2) is 0 Å². The molecule has 1 nitrogen and oxygen atoms in total. The van der Waals surface area contributed by atoms with Gasteiger partial charge in [-0.25, -0.2) is 4.39 Å². The summed E-state index contributed by atoms with van der Waals surface area (Å²) in [5, 5.41) is 3.17. The fourth-order valence-electron chi connectivity index (χ4n) is 1.94. The quantitative estimate of drug-likeness (QED) is 0.826. The smallest absolute Gasteiger partial charge is 0.123 e. The van der Waals surface area contributed by atoms with Crippen molar-refractivity contribution in [3.8, 4) is 11.1 Å². The Balaban J connectivity index is 2.49. The molecule has 0 aliphatic carbocycles. The Morgan fingerprint density at radius 3 is 2.17 bits per heavy atom. The third-order valence-electron chi connectivity index (χ3n) is 3.09. The van der Waals surface area contributed by atoms with E-state index in [1.165, 1.54) is 17.7 Å². The second-order valence-electron chi connectivity index (χ2n) is 4.76. The van der Waals surface area contributed by atoms with Crippen molar-refractivity contribution >= 4 is 5.69 Å². The Kier molecular flexibility index (Phi) is 3.66. The highest BCUT2D eigenvalue weighted by Crippen LogP contribution is 2.28. The van der Waals surface area contributed by atoms with Gasteiger partial charge in [-0.05, 0) is 46.9 Å². The van der Waals surface area contributed by atoms with E-state index in [1.54, 1.807) is 0 Å². The molecular formula is C16H18FN. The second kappa shape index (κ2) is 5.21. The summed E-state index contributed by atoms with van der Waals surface area (Å²) in [6.07, 6.45) is 0. The first-order chi connectivity index (χ1) is 8.60. The second-order valence-corrected chi connectivity index (χ2v) is 4.76. The molecule has 94 valence electrons. The van der Waals surface area contributed by atoms with Crippen molar-refractivity contribution in [1.29, 1.82) is 0 Å². The summed E-state index contributed by atoms with van der Waals surface area (Å²) in [6, 6.07) is 13.0. The molecule has 0 unspecified atom stereocenters. The molecule has 0 heterocycles. The number of benzene rings is 2. The number of rotatable bonds is 3. The van der Waals surface area contributed by atoms with E-state index in [0.717, 1.165) is 16.8 Å². The van der Waals surface area contributed by atoms with Gasteiger partial charge in [0.2, 0.25) is 0 Å². The van der Waals surface area contributed by atoms with Crippen LogP contribution in [0.15, 0.2) is 42.5 Å². The molecule has 0 saturated heterocycles. The monoisotopic (exact) mass is 243 g/mol. The molecule has 2 aromatic carbocycles. The van der Waals surface area contributed by atoms with Crippen molar-refractivity contribution in [3.63, 3.8) is 0 Å². The molecule has 0 atom stereocenters. The van der Waals surface area contributed by atoms with Gasteiger partial charge < -0.3 is 5.32 Å². The number of nitrogens with one attached hydrogen (secondary N) is 1. The zero-order valence-corrected chi connectivity index (χ0v) is 11.0. The first-order valence-electron chi connectivity index (χ1n) is 6.19. The lowest BCUT2D eigenvalue weighted by Gasteiger charge is -2.12. The predicted molar refractivity (Wildman–Crippen MR) is 75.5 cm³/mol. The van der Waals surface area contributed by atoms with Gasteiger partial charge in [-0.2, -0.15) is 0 Å². The molecule has 1 N–H and O–H groups in total. The van der Waals surface area contributed by atoms with Gasteiger partial charge in [0.25, 0.3) is 0 Å². The third kappa shape index (κ3) is 2.70. The summed E-state index contributed by atoms with van der Waals surface area (Å²) < 4.78 is 12.9. The van der Waals surface area contributed by atoms with Crippen molar-refractivity contribution < 1.29 is 4.39 Å². The standard InChI is InChI=1S/C16H18FN/c1-11(2)13-8-14(10-16(9-13)18-3)12-4-6-15(17)7-5-12/h4-11,18H,1-3H3. The average molecular weight is 243 g/mol. The van der Waals surface area contributed by atoms with E-state index >= 15 is 0 Å². The lowest BCUT2D eigenvalue weighted by atomic mass is 9.96. The minimum absolute atomic E-state index is 0.201. The minimum Gasteiger partial charge on any atom is -0.388 e. The van der Waals surface area contributed by atoms with Gasteiger partial charge in [0.1, 0.15) is 5.82 Å². The van der Waals surface area contributed by atoms with Crippen LogP contribution in [-0.4, -0.2) is 7.05 Å². The molecule has 2 rings (SSSR count). The van der Waals surface area contributed by atoms with Crippen LogP contribution in [0, 0.1) is 5.82 Å². The maximum Gasteiger partial charge on any atom is 0.123 e. The highest BCUT2D eigenvalue weighted by Gasteiger charge is 2.05. The van der Waals surface area contributed by atoms with E-state index in [2.05, 4.69) is 37.4 Å². The Bertz CT molecular complexity index is 529. The molecule has 2 heteroatoms. The largest absolute Gasteiger partial charge is 0.388 e. The number of hydrogen-bond donors (Lipinski definition) is 1. The van der Waals surface area contributed by atoms with E-state index in [4.69, 9.17) is 0 Å².